The van der Waals surface area contributed by atoms with E-state index >= 15 is 0 Å². The molecule has 0 aliphatic rings. The molecule has 116 valence electrons. The van der Waals surface area contributed by atoms with Crippen molar-refractivity contribution in [2.75, 3.05) is 5.43 Å². The minimum atomic E-state index is -1.09. The number of nitrogens with one attached hydrogen (secondary N) is 1. The quantitative estimate of drug-likeness (QED) is 0.656. The molecule has 2 aromatic rings. The fraction of sp³-hybridized carbons (Fsp3) is 0.250. The zero-order valence-electron chi connectivity index (χ0n) is 12.4. The van der Waals surface area contributed by atoms with Crippen molar-refractivity contribution in [2.45, 2.75) is 26.7 Å². The molecule has 22 heavy (non-hydrogen) atoms. The maximum atomic E-state index is 10.5. The number of carbonyl (C=O) groups excluding carboxylic acids is 1. The van der Waals surface area contributed by atoms with Crippen molar-refractivity contribution in [3.63, 3.8) is 0 Å². The van der Waals surface area contributed by atoms with Crippen molar-refractivity contribution in [1.82, 2.24) is 0 Å². The molecule has 0 radical (unpaired) electrons. The molecule has 1 aromatic heterocycles. The standard InChI is InChI=1S/C16H17ClN2O3/c1-10(18-19-13-5-3-12(17)4-6-13)15-9-14(22-11(15)2)7-8-16(20)21/h3-6,9,19H,7-8H2,1-2H3,(H,20,21)/p-1/b18-10-. The van der Waals surface area contributed by atoms with E-state index in [1.165, 1.54) is 0 Å². The predicted octanol–water partition coefficient (Wildman–Crippen LogP) is 2.76. The van der Waals surface area contributed by atoms with Gasteiger partial charge in [-0.15, -0.1) is 0 Å². The average molecular weight is 320 g/mol. The number of aryl methyl sites for hydroxylation is 2. The lowest BCUT2D eigenvalue weighted by Crippen LogP contribution is -2.22. The van der Waals surface area contributed by atoms with E-state index in [0.29, 0.717) is 23.0 Å². The number of halogens is 1. The van der Waals surface area contributed by atoms with Crippen molar-refractivity contribution >= 4 is 29.0 Å². The summed E-state index contributed by atoms with van der Waals surface area (Å²) in [5.74, 6) is 0.218. The zero-order chi connectivity index (χ0) is 16.1. The number of benzene rings is 1. The predicted molar refractivity (Wildman–Crippen MR) is 84.1 cm³/mol. The summed E-state index contributed by atoms with van der Waals surface area (Å²) in [6.07, 6.45) is 0.243. The largest absolute Gasteiger partial charge is 0.550 e. The first-order valence-corrected chi connectivity index (χ1v) is 7.19. The number of carbonyl (C=O) groups is 1. The van der Waals surface area contributed by atoms with Crippen molar-refractivity contribution < 1.29 is 14.3 Å². The minimum absolute atomic E-state index is 0.0639. The normalized spacial score (nSPS) is 11.5. The Hall–Kier alpha value is -2.27. The molecule has 1 aromatic carbocycles. The smallest absolute Gasteiger partial charge is 0.110 e. The summed E-state index contributed by atoms with van der Waals surface area (Å²) in [6, 6.07) is 9.01. The number of aliphatic carboxylic acids is 1. The van der Waals surface area contributed by atoms with Crippen LogP contribution in [0.3, 0.4) is 0 Å². The molecule has 0 amide bonds. The van der Waals surface area contributed by atoms with Gasteiger partial charge in [0.05, 0.1) is 11.4 Å². The molecule has 0 unspecified atom stereocenters. The third kappa shape index (κ3) is 4.36. The van der Waals surface area contributed by atoms with E-state index < -0.39 is 5.97 Å². The minimum Gasteiger partial charge on any atom is -0.550 e. The highest BCUT2D eigenvalue weighted by molar-refractivity contribution is 6.30. The van der Waals surface area contributed by atoms with Crippen LogP contribution in [0.1, 0.15) is 30.4 Å². The molecule has 0 aliphatic carbocycles. The Morgan fingerprint density at radius 1 is 1.36 bits per heavy atom. The number of furan rings is 1. The SMILES string of the molecule is C/C(=N/Nc1ccc(Cl)cc1)c1cc(CCC(=O)[O-])oc1C. The number of anilines is 1. The van der Waals surface area contributed by atoms with E-state index in [0.717, 1.165) is 17.0 Å². The summed E-state index contributed by atoms with van der Waals surface area (Å²) in [6.45, 7) is 3.67. The first-order valence-electron chi connectivity index (χ1n) is 6.81. The fourth-order valence-corrected chi connectivity index (χ4v) is 2.11. The van der Waals surface area contributed by atoms with Gasteiger partial charge in [-0.2, -0.15) is 5.10 Å². The molecule has 0 aliphatic heterocycles. The summed E-state index contributed by atoms with van der Waals surface area (Å²) in [5, 5.41) is 15.4. The number of carboxylic acids is 1. The monoisotopic (exact) mass is 319 g/mol. The summed E-state index contributed by atoms with van der Waals surface area (Å²) < 4.78 is 5.54. The van der Waals surface area contributed by atoms with E-state index in [1.54, 1.807) is 18.2 Å². The number of carboxylic acid groups (broad SMARTS) is 1. The number of hydrogen-bond acceptors (Lipinski definition) is 5. The number of hydrogen-bond donors (Lipinski definition) is 1. The zero-order valence-corrected chi connectivity index (χ0v) is 13.1. The maximum absolute atomic E-state index is 10.5. The van der Waals surface area contributed by atoms with Gasteiger partial charge in [0, 0.05) is 23.0 Å². The van der Waals surface area contributed by atoms with Crippen LogP contribution in [0.15, 0.2) is 39.9 Å². The number of nitrogens with zero attached hydrogens (tertiary/aromatic N) is 1. The second-order valence-electron chi connectivity index (χ2n) is 4.87. The van der Waals surface area contributed by atoms with E-state index in [9.17, 15) is 9.90 Å². The Bertz CT molecular complexity index is 690. The Kier molecular flexibility index (Phi) is 5.22. The second kappa shape index (κ2) is 7.13. The topological polar surface area (TPSA) is 77.7 Å². The van der Waals surface area contributed by atoms with Crippen molar-refractivity contribution in [3.05, 3.63) is 52.4 Å². The summed E-state index contributed by atoms with van der Waals surface area (Å²) in [7, 11) is 0. The molecule has 0 atom stereocenters. The highest BCUT2D eigenvalue weighted by atomic mass is 35.5. The van der Waals surface area contributed by atoms with Gasteiger partial charge in [-0.25, -0.2) is 0 Å². The third-order valence-electron chi connectivity index (χ3n) is 3.13. The van der Waals surface area contributed by atoms with Gasteiger partial charge in [-0.3, -0.25) is 5.43 Å². The van der Waals surface area contributed by atoms with Gasteiger partial charge in [0.1, 0.15) is 11.5 Å². The van der Waals surface area contributed by atoms with Crippen LogP contribution >= 0.6 is 11.6 Å². The van der Waals surface area contributed by atoms with Crippen LogP contribution in [0.2, 0.25) is 5.02 Å². The molecule has 0 saturated carbocycles. The lowest BCUT2D eigenvalue weighted by Gasteiger charge is -2.02. The summed E-state index contributed by atoms with van der Waals surface area (Å²) >= 11 is 5.82. The molecule has 6 heteroatoms. The average Bonchev–Trinajstić information content (AvgIpc) is 2.85. The van der Waals surface area contributed by atoms with Crippen molar-refractivity contribution in [3.8, 4) is 0 Å². The van der Waals surface area contributed by atoms with Gasteiger partial charge in [-0.05, 0) is 50.6 Å². The Labute approximate surface area is 133 Å². The van der Waals surface area contributed by atoms with E-state index in [-0.39, 0.29) is 6.42 Å². The van der Waals surface area contributed by atoms with Crippen LogP contribution in [0.5, 0.6) is 0 Å². The molecule has 0 bridgehead atoms. The molecular formula is C16H16ClN2O3-. The highest BCUT2D eigenvalue weighted by Crippen LogP contribution is 2.18. The van der Waals surface area contributed by atoms with Crippen LogP contribution in [0.4, 0.5) is 5.69 Å². The van der Waals surface area contributed by atoms with Crippen LogP contribution in [-0.4, -0.2) is 11.7 Å². The fourth-order valence-electron chi connectivity index (χ4n) is 1.98. The van der Waals surface area contributed by atoms with Crippen LogP contribution in [0.25, 0.3) is 0 Å². The number of hydrazone groups is 1. The van der Waals surface area contributed by atoms with E-state index in [4.69, 9.17) is 16.0 Å². The molecule has 1 N–H and O–H groups in total. The number of rotatable bonds is 6. The molecule has 1 heterocycles. The lowest BCUT2D eigenvalue weighted by atomic mass is 10.1. The molecule has 0 saturated heterocycles. The molecule has 0 spiro atoms. The first-order chi connectivity index (χ1) is 10.5. The van der Waals surface area contributed by atoms with Gasteiger partial charge in [0.15, 0.2) is 0 Å². The van der Waals surface area contributed by atoms with Gasteiger partial charge >= 0.3 is 0 Å². The Morgan fingerprint density at radius 3 is 2.68 bits per heavy atom. The highest BCUT2D eigenvalue weighted by Gasteiger charge is 2.10. The first kappa shape index (κ1) is 16.1. The molecular weight excluding hydrogens is 304 g/mol. The molecule has 5 nitrogen and oxygen atoms in total. The lowest BCUT2D eigenvalue weighted by molar-refractivity contribution is -0.305. The summed E-state index contributed by atoms with van der Waals surface area (Å²) in [4.78, 5) is 10.5. The van der Waals surface area contributed by atoms with Crippen LogP contribution < -0.4 is 10.5 Å². The van der Waals surface area contributed by atoms with Gasteiger partial charge in [0.2, 0.25) is 0 Å². The van der Waals surface area contributed by atoms with Crippen LogP contribution in [-0.2, 0) is 11.2 Å². The molecule has 2 rings (SSSR count). The Morgan fingerprint density at radius 2 is 2.05 bits per heavy atom. The molecule has 0 fully saturated rings. The van der Waals surface area contributed by atoms with E-state index in [2.05, 4.69) is 10.5 Å². The Balaban J connectivity index is 2.07. The second-order valence-corrected chi connectivity index (χ2v) is 5.31. The maximum Gasteiger partial charge on any atom is 0.110 e. The van der Waals surface area contributed by atoms with Gasteiger partial charge in [-0.1, -0.05) is 11.6 Å². The van der Waals surface area contributed by atoms with Crippen LogP contribution in [0, 0.1) is 6.92 Å². The van der Waals surface area contributed by atoms with Gasteiger partial charge in [0.25, 0.3) is 0 Å². The third-order valence-corrected chi connectivity index (χ3v) is 3.38. The van der Waals surface area contributed by atoms with Gasteiger partial charge < -0.3 is 14.3 Å². The summed E-state index contributed by atoms with van der Waals surface area (Å²) in [5.41, 5.74) is 5.35. The van der Waals surface area contributed by atoms with Crippen molar-refractivity contribution in [1.29, 1.82) is 0 Å². The van der Waals surface area contributed by atoms with Crippen molar-refractivity contribution in [2.24, 2.45) is 5.10 Å². The van der Waals surface area contributed by atoms with E-state index in [1.807, 2.05) is 26.0 Å².